The molecular formula is C20H23N3O5S2. The van der Waals surface area contributed by atoms with E-state index in [2.05, 4.69) is 16.6 Å². The molecule has 3 rings (SSSR count). The summed E-state index contributed by atoms with van der Waals surface area (Å²) in [5.41, 5.74) is 2.94. The Labute approximate surface area is 176 Å². The molecule has 30 heavy (non-hydrogen) atoms. The van der Waals surface area contributed by atoms with E-state index < -0.39 is 20.0 Å². The van der Waals surface area contributed by atoms with Crippen molar-refractivity contribution in [2.75, 3.05) is 29.0 Å². The molecule has 0 radical (unpaired) electrons. The zero-order valence-electron chi connectivity index (χ0n) is 16.5. The van der Waals surface area contributed by atoms with Crippen LogP contribution >= 0.6 is 0 Å². The Balaban J connectivity index is 1.68. The minimum Gasteiger partial charge on any atom is -0.322 e. The first-order chi connectivity index (χ1) is 14.1. The zero-order valence-corrected chi connectivity index (χ0v) is 18.1. The molecule has 0 aliphatic carbocycles. The van der Waals surface area contributed by atoms with Crippen molar-refractivity contribution in [2.45, 2.75) is 12.2 Å². The maximum atomic E-state index is 12.6. The molecule has 0 fully saturated rings. The van der Waals surface area contributed by atoms with Crippen LogP contribution in [0.5, 0.6) is 0 Å². The Kier molecular flexibility index (Phi) is 6.30. The summed E-state index contributed by atoms with van der Waals surface area (Å²) in [7, 11) is -6.79. The van der Waals surface area contributed by atoms with Crippen LogP contribution in [0.15, 0.2) is 55.1 Å². The Morgan fingerprint density at radius 3 is 2.47 bits per heavy atom. The third-order valence-corrected chi connectivity index (χ3v) is 7.11. The number of sulfonamides is 2. The first kappa shape index (κ1) is 22.0. The van der Waals surface area contributed by atoms with Crippen LogP contribution in [0.25, 0.3) is 0 Å². The predicted molar refractivity (Wildman–Crippen MR) is 118 cm³/mol. The topological polar surface area (TPSA) is 113 Å². The van der Waals surface area contributed by atoms with Crippen molar-refractivity contribution in [3.63, 3.8) is 0 Å². The summed E-state index contributed by atoms with van der Waals surface area (Å²) in [6.45, 7) is 4.00. The van der Waals surface area contributed by atoms with Crippen molar-refractivity contribution >= 4 is 37.3 Å². The number of hydrogen-bond donors (Lipinski definition) is 2. The van der Waals surface area contributed by atoms with Gasteiger partial charge in [0.05, 0.1) is 17.7 Å². The molecule has 0 bridgehead atoms. The molecule has 1 aliphatic heterocycles. The number of benzene rings is 2. The summed E-state index contributed by atoms with van der Waals surface area (Å²) in [6, 6.07) is 11.5. The molecule has 1 heterocycles. The van der Waals surface area contributed by atoms with Crippen LogP contribution in [0.1, 0.15) is 21.5 Å². The van der Waals surface area contributed by atoms with E-state index in [9.17, 15) is 21.6 Å². The highest BCUT2D eigenvalue weighted by Gasteiger charge is 2.26. The van der Waals surface area contributed by atoms with Gasteiger partial charge in [0.1, 0.15) is 0 Å². The molecule has 10 heteroatoms. The molecule has 0 aromatic heterocycles. The Morgan fingerprint density at radius 2 is 1.83 bits per heavy atom. The van der Waals surface area contributed by atoms with Gasteiger partial charge in [0.15, 0.2) is 0 Å². The number of amides is 1. The van der Waals surface area contributed by atoms with E-state index in [-0.39, 0.29) is 18.2 Å². The van der Waals surface area contributed by atoms with Crippen molar-refractivity contribution in [1.82, 2.24) is 4.72 Å². The number of hydrogen-bond acceptors (Lipinski definition) is 5. The van der Waals surface area contributed by atoms with E-state index in [1.54, 1.807) is 42.5 Å². The summed E-state index contributed by atoms with van der Waals surface area (Å²) in [5, 5.41) is 2.77. The Hall–Kier alpha value is -2.69. The largest absolute Gasteiger partial charge is 0.322 e. The monoisotopic (exact) mass is 449 g/mol. The maximum Gasteiger partial charge on any atom is 0.255 e. The molecule has 0 saturated carbocycles. The Bertz CT molecular complexity index is 1170. The highest BCUT2D eigenvalue weighted by atomic mass is 32.2. The average Bonchev–Trinajstić information content (AvgIpc) is 3.11. The molecule has 2 aromatic rings. The molecule has 1 aliphatic rings. The van der Waals surface area contributed by atoms with Gasteiger partial charge in [-0.05, 0) is 47.9 Å². The second kappa shape index (κ2) is 8.58. The first-order valence-corrected chi connectivity index (χ1v) is 12.7. The van der Waals surface area contributed by atoms with Crippen LogP contribution in [-0.4, -0.2) is 42.1 Å². The van der Waals surface area contributed by atoms with Crippen LogP contribution in [0, 0.1) is 0 Å². The zero-order chi connectivity index (χ0) is 21.9. The highest BCUT2D eigenvalue weighted by Crippen LogP contribution is 2.30. The van der Waals surface area contributed by atoms with Gasteiger partial charge < -0.3 is 5.32 Å². The number of nitrogens with zero attached hydrogens (tertiary/aromatic N) is 1. The number of fused-ring (bicyclic) bond motifs is 1. The van der Waals surface area contributed by atoms with Crippen molar-refractivity contribution in [3.8, 4) is 0 Å². The van der Waals surface area contributed by atoms with Crippen LogP contribution in [0.4, 0.5) is 11.4 Å². The van der Waals surface area contributed by atoms with E-state index >= 15 is 0 Å². The fourth-order valence-corrected chi connectivity index (χ4v) is 5.26. The SMILES string of the molecule is C=CCNS(=O)(=O)Cc1ccc(NC(=O)c2ccc3c(c2)CCN3S(C)(=O)=O)cc1. The summed E-state index contributed by atoms with van der Waals surface area (Å²) < 4.78 is 51.2. The second-order valence-corrected chi connectivity index (χ2v) is 10.7. The lowest BCUT2D eigenvalue weighted by atomic mass is 10.1. The van der Waals surface area contributed by atoms with Crippen LogP contribution < -0.4 is 14.3 Å². The van der Waals surface area contributed by atoms with E-state index in [1.165, 1.54) is 10.4 Å². The van der Waals surface area contributed by atoms with Gasteiger partial charge in [0.2, 0.25) is 20.0 Å². The van der Waals surface area contributed by atoms with Gasteiger partial charge in [-0.1, -0.05) is 18.2 Å². The average molecular weight is 450 g/mol. The molecule has 0 atom stereocenters. The summed E-state index contributed by atoms with van der Waals surface area (Å²) in [6.07, 6.45) is 3.17. The molecule has 0 unspecified atom stereocenters. The molecule has 8 nitrogen and oxygen atoms in total. The van der Waals surface area contributed by atoms with Crippen LogP contribution in [-0.2, 0) is 32.2 Å². The number of carbonyl (C=O) groups is 1. The number of rotatable bonds is 8. The van der Waals surface area contributed by atoms with Gasteiger partial charge in [0.25, 0.3) is 5.91 Å². The minimum atomic E-state index is -3.45. The van der Waals surface area contributed by atoms with Gasteiger partial charge in [-0.3, -0.25) is 9.10 Å². The van der Waals surface area contributed by atoms with Gasteiger partial charge in [-0.15, -0.1) is 6.58 Å². The van der Waals surface area contributed by atoms with Gasteiger partial charge >= 0.3 is 0 Å². The lowest BCUT2D eigenvalue weighted by Crippen LogP contribution is -2.27. The minimum absolute atomic E-state index is 0.166. The lowest BCUT2D eigenvalue weighted by Gasteiger charge is -2.16. The summed E-state index contributed by atoms with van der Waals surface area (Å²) in [5.74, 6) is -0.500. The van der Waals surface area contributed by atoms with E-state index in [0.29, 0.717) is 35.5 Å². The van der Waals surface area contributed by atoms with Crippen molar-refractivity contribution in [1.29, 1.82) is 0 Å². The fraction of sp³-hybridized carbons (Fsp3) is 0.250. The van der Waals surface area contributed by atoms with Gasteiger partial charge in [-0.25, -0.2) is 21.6 Å². The fourth-order valence-electron chi connectivity index (χ4n) is 3.20. The number of nitrogens with one attached hydrogen (secondary N) is 2. The number of carbonyl (C=O) groups excluding carboxylic acids is 1. The third kappa shape index (κ3) is 5.26. The van der Waals surface area contributed by atoms with Crippen molar-refractivity contribution < 1.29 is 21.6 Å². The summed E-state index contributed by atoms with van der Waals surface area (Å²) >= 11 is 0. The first-order valence-electron chi connectivity index (χ1n) is 9.18. The predicted octanol–water partition coefficient (Wildman–Crippen LogP) is 1.87. The normalized spacial score (nSPS) is 13.7. The van der Waals surface area contributed by atoms with E-state index in [1.807, 2.05) is 0 Å². The highest BCUT2D eigenvalue weighted by molar-refractivity contribution is 7.92. The Morgan fingerprint density at radius 1 is 1.13 bits per heavy atom. The standard InChI is InChI=1S/C20H23N3O5S2/c1-3-11-21-30(27,28)14-15-4-7-18(8-5-15)22-20(24)17-6-9-19-16(13-17)10-12-23(19)29(2,25)26/h3-9,13,21H,1,10-12,14H2,2H3,(H,22,24). The van der Waals surface area contributed by atoms with Gasteiger partial charge in [0, 0.05) is 24.3 Å². The molecule has 1 amide bonds. The van der Waals surface area contributed by atoms with Crippen LogP contribution in [0.2, 0.25) is 0 Å². The van der Waals surface area contributed by atoms with Crippen molar-refractivity contribution in [3.05, 3.63) is 71.8 Å². The third-order valence-electron chi connectivity index (χ3n) is 4.61. The molecule has 0 saturated heterocycles. The molecule has 160 valence electrons. The molecule has 2 N–H and O–H groups in total. The molecular weight excluding hydrogens is 426 g/mol. The van der Waals surface area contributed by atoms with E-state index in [0.717, 1.165) is 11.8 Å². The summed E-state index contributed by atoms with van der Waals surface area (Å²) in [4.78, 5) is 12.6. The maximum absolute atomic E-state index is 12.6. The van der Waals surface area contributed by atoms with E-state index in [4.69, 9.17) is 0 Å². The molecule has 0 spiro atoms. The lowest BCUT2D eigenvalue weighted by molar-refractivity contribution is 0.102. The smallest absolute Gasteiger partial charge is 0.255 e. The van der Waals surface area contributed by atoms with Crippen molar-refractivity contribution in [2.24, 2.45) is 0 Å². The van der Waals surface area contributed by atoms with Gasteiger partial charge in [-0.2, -0.15) is 0 Å². The van der Waals surface area contributed by atoms with Crippen LogP contribution in [0.3, 0.4) is 0 Å². The number of anilines is 2. The molecule has 2 aromatic carbocycles. The second-order valence-electron chi connectivity index (χ2n) is 6.98. The quantitative estimate of drug-likeness (QED) is 0.598.